The summed E-state index contributed by atoms with van der Waals surface area (Å²) >= 11 is 0. The van der Waals surface area contributed by atoms with Gasteiger partial charge in [0.15, 0.2) is 17.3 Å². The van der Waals surface area contributed by atoms with E-state index in [0.29, 0.717) is 37.8 Å². The highest BCUT2D eigenvalue weighted by atomic mass is 19.1. The van der Waals surface area contributed by atoms with Crippen LogP contribution >= 0.6 is 0 Å². The van der Waals surface area contributed by atoms with Gasteiger partial charge in [0.2, 0.25) is 0 Å². The zero-order chi connectivity index (χ0) is 17.8. The molecule has 1 aliphatic heterocycles. The molecule has 3 rings (SSSR count). The summed E-state index contributed by atoms with van der Waals surface area (Å²) in [5, 5.41) is 4.21. The summed E-state index contributed by atoms with van der Waals surface area (Å²) < 4.78 is 20.5. The number of hydrogen-bond acceptors (Lipinski definition) is 6. The molecule has 25 heavy (non-hydrogen) atoms. The third kappa shape index (κ3) is 3.96. The Morgan fingerprint density at radius 1 is 1.32 bits per heavy atom. The molecule has 0 N–H and O–H groups in total. The molecule has 0 radical (unpaired) electrons. The number of piperazine rings is 1. The summed E-state index contributed by atoms with van der Waals surface area (Å²) in [5.41, 5.74) is 1.21. The molecule has 2 aromatic heterocycles. The molecule has 1 fully saturated rings. The SMILES string of the molecule is CCOC(=O)c1nn(C)cc1CN1CCN(c2ncccc2F)CC1. The second-order valence-corrected chi connectivity index (χ2v) is 5.97. The average molecular weight is 347 g/mol. The van der Waals surface area contributed by atoms with Crippen LogP contribution in [0.3, 0.4) is 0 Å². The third-order valence-electron chi connectivity index (χ3n) is 4.18. The summed E-state index contributed by atoms with van der Waals surface area (Å²) in [7, 11) is 1.79. The van der Waals surface area contributed by atoms with Gasteiger partial charge in [0.1, 0.15) is 0 Å². The van der Waals surface area contributed by atoms with Crippen LogP contribution in [-0.4, -0.2) is 58.4 Å². The van der Waals surface area contributed by atoms with Gasteiger partial charge in [0, 0.05) is 57.7 Å². The maximum atomic E-state index is 13.9. The lowest BCUT2D eigenvalue weighted by Crippen LogP contribution is -2.46. The number of anilines is 1. The zero-order valence-electron chi connectivity index (χ0n) is 14.5. The quantitative estimate of drug-likeness (QED) is 0.763. The number of ether oxygens (including phenoxy) is 1. The Hall–Kier alpha value is -2.48. The fourth-order valence-electron chi connectivity index (χ4n) is 2.99. The van der Waals surface area contributed by atoms with Crippen molar-refractivity contribution in [2.45, 2.75) is 13.5 Å². The molecular formula is C17H22FN5O2. The first-order valence-electron chi connectivity index (χ1n) is 8.36. The number of carbonyl (C=O) groups excluding carboxylic acids is 1. The van der Waals surface area contributed by atoms with Crippen molar-refractivity contribution in [1.82, 2.24) is 19.7 Å². The predicted molar refractivity (Wildman–Crippen MR) is 90.8 cm³/mol. The number of aryl methyl sites for hydroxylation is 1. The van der Waals surface area contributed by atoms with E-state index in [4.69, 9.17) is 4.74 Å². The number of halogens is 1. The Balaban J connectivity index is 1.63. The van der Waals surface area contributed by atoms with Crippen LogP contribution in [0.1, 0.15) is 23.0 Å². The van der Waals surface area contributed by atoms with Crippen molar-refractivity contribution in [3.05, 3.63) is 41.6 Å². The molecule has 7 nitrogen and oxygen atoms in total. The van der Waals surface area contributed by atoms with E-state index in [0.717, 1.165) is 18.7 Å². The van der Waals surface area contributed by atoms with E-state index >= 15 is 0 Å². The Bertz CT molecular complexity index is 740. The summed E-state index contributed by atoms with van der Waals surface area (Å²) in [5.74, 6) is -0.296. The fourth-order valence-corrected chi connectivity index (χ4v) is 2.99. The highest BCUT2D eigenvalue weighted by Crippen LogP contribution is 2.19. The molecule has 1 aliphatic rings. The molecule has 0 amide bonds. The molecule has 3 heterocycles. The van der Waals surface area contributed by atoms with Crippen molar-refractivity contribution in [1.29, 1.82) is 0 Å². The first kappa shape index (κ1) is 17.3. The molecule has 0 spiro atoms. The predicted octanol–water partition coefficient (Wildman–Crippen LogP) is 1.45. The Kier molecular flexibility index (Phi) is 5.28. The van der Waals surface area contributed by atoms with Gasteiger partial charge < -0.3 is 9.64 Å². The lowest BCUT2D eigenvalue weighted by molar-refractivity contribution is 0.0516. The van der Waals surface area contributed by atoms with Gasteiger partial charge in [-0.05, 0) is 19.1 Å². The normalized spacial score (nSPS) is 15.4. The van der Waals surface area contributed by atoms with Gasteiger partial charge in [0.25, 0.3) is 0 Å². The second-order valence-electron chi connectivity index (χ2n) is 5.97. The summed E-state index contributed by atoms with van der Waals surface area (Å²) in [4.78, 5) is 20.3. The van der Waals surface area contributed by atoms with Crippen LogP contribution in [-0.2, 0) is 18.3 Å². The van der Waals surface area contributed by atoms with Gasteiger partial charge in [-0.2, -0.15) is 5.10 Å². The number of rotatable bonds is 5. The number of carbonyl (C=O) groups is 1. The van der Waals surface area contributed by atoms with Crippen LogP contribution in [0.4, 0.5) is 10.2 Å². The van der Waals surface area contributed by atoms with E-state index < -0.39 is 5.97 Å². The van der Waals surface area contributed by atoms with Crippen molar-refractivity contribution < 1.29 is 13.9 Å². The molecule has 1 saturated heterocycles. The van der Waals surface area contributed by atoms with Crippen molar-refractivity contribution >= 4 is 11.8 Å². The molecule has 134 valence electrons. The summed E-state index contributed by atoms with van der Waals surface area (Å²) in [6.07, 6.45) is 3.45. The average Bonchev–Trinajstić information content (AvgIpc) is 2.97. The lowest BCUT2D eigenvalue weighted by atomic mass is 10.2. The van der Waals surface area contributed by atoms with Crippen LogP contribution < -0.4 is 4.90 Å². The van der Waals surface area contributed by atoms with Crippen molar-refractivity contribution in [3.8, 4) is 0 Å². The van der Waals surface area contributed by atoms with Gasteiger partial charge in [-0.25, -0.2) is 14.2 Å². The van der Waals surface area contributed by atoms with Gasteiger partial charge in [-0.1, -0.05) is 0 Å². The Morgan fingerprint density at radius 3 is 2.76 bits per heavy atom. The standard InChI is InChI=1S/C17H22FN5O2/c1-3-25-17(24)15-13(11-21(2)20-15)12-22-7-9-23(10-8-22)16-14(18)5-4-6-19-16/h4-6,11H,3,7-10,12H2,1-2H3. The number of pyridine rings is 1. The minimum absolute atomic E-state index is 0.298. The molecule has 0 aromatic carbocycles. The summed E-state index contributed by atoms with van der Waals surface area (Å²) in [6, 6.07) is 3.02. The van der Waals surface area contributed by atoms with Crippen LogP contribution in [0.25, 0.3) is 0 Å². The molecule has 0 saturated carbocycles. The van der Waals surface area contributed by atoms with Gasteiger partial charge in [-0.3, -0.25) is 9.58 Å². The minimum Gasteiger partial charge on any atom is -0.461 e. The minimum atomic E-state index is -0.396. The highest BCUT2D eigenvalue weighted by molar-refractivity contribution is 5.88. The number of nitrogens with zero attached hydrogens (tertiary/aromatic N) is 5. The molecule has 0 bridgehead atoms. The van der Waals surface area contributed by atoms with Crippen LogP contribution in [0.2, 0.25) is 0 Å². The molecule has 0 unspecified atom stereocenters. The Labute approximate surface area is 146 Å². The van der Waals surface area contributed by atoms with E-state index in [1.807, 2.05) is 11.1 Å². The van der Waals surface area contributed by atoms with E-state index in [1.54, 1.807) is 30.9 Å². The van der Waals surface area contributed by atoms with Crippen molar-refractivity contribution in [2.24, 2.45) is 7.05 Å². The van der Waals surface area contributed by atoms with Gasteiger partial charge >= 0.3 is 5.97 Å². The van der Waals surface area contributed by atoms with Crippen molar-refractivity contribution in [3.63, 3.8) is 0 Å². The highest BCUT2D eigenvalue weighted by Gasteiger charge is 2.23. The maximum Gasteiger partial charge on any atom is 0.359 e. The number of esters is 1. The van der Waals surface area contributed by atoms with Crippen molar-refractivity contribution in [2.75, 3.05) is 37.7 Å². The molecular weight excluding hydrogens is 325 g/mol. The molecule has 0 atom stereocenters. The molecule has 0 aliphatic carbocycles. The zero-order valence-corrected chi connectivity index (χ0v) is 14.5. The van der Waals surface area contributed by atoms with Gasteiger partial charge in [-0.15, -0.1) is 0 Å². The number of hydrogen-bond donors (Lipinski definition) is 0. The van der Waals surface area contributed by atoms with E-state index in [-0.39, 0.29) is 5.82 Å². The topological polar surface area (TPSA) is 63.5 Å². The van der Waals surface area contributed by atoms with E-state index in [1.165, 1.54) is 6.07 Å². The van der Waals surface area contributed by atoms with E-state index in [9.17, 15) is 9.18 Å². The number of aromatic nitrogens is 3. The first-order valence-corrected chi connectivity index (χ1v) is 8.36. The Morgan fingerprint density at radius 2 is 2.08 bits per heavy atom. The second kappa shape index (κ2) is 7.60. The molecule has 8 heteroatoms. The fraction of sp³-hybridized carbons (Fsp3) is 0.471. The monoisotopic (exact) mass is 347 g/mol. The first-order chi connectivity index (χ1) is 12.1. The van der Waals surface area contributed by atoms with E-state index in [2.05, 4.69) is 15.0 Å². The third-order valence-corrected chi connectivity index (χ3v) is 4.18. The largest absolute Gasteiger partial charge is 0.461 e. The summed E-state index contributed by atoms with van der Waals surface area (Å²) in [6.45, 7) is 5.59. The smallest absolute Gasteiger partial charge is 0.359 e. The molecule has 2 aromatic rings. The van der Waals surface area contributed by atoms with Crippen LogP contribution in [0, 0.1) is 5.82 Å². The van der Waals surface area contributed by atoms with Crippen LogP contribution in [0.5, 0.6) is 0 Å². The van der Waals surface area contributed by atoms with Crippen LogP contribution in [0.15, 0.2) is 24.5 Å². The maximum absolute atomic E-state index is 13.9. The van der Waals surface area contributed by atoms with Gasteiger partial charge in [0.05, 0.1) is 6.61 Å². The lowest BCUT2D eigenvalue weighted by Gasteiger charge is -2.35.